The summed E-state index contributed by atoms with van der Waals surface area (Å²) in [5.74, 6) is 0.472. The quantitative estimate of drug-likeness (QED) is 0.803. The second-order valence-corrected chi connectivity index (χ2v) is 7.73. The van der Waals surface area contributed by atoms with Crippen molar-refractivity contribution in [2.45, 2.75) is 18.7 Å². The van der Waals surface area contributed by atoms with Crippen molar-refractivity contribution < 1.29 is 17.9 Å². The molecule has 8 nitrogen and oxygen atoms in total. The summed E-state index contributed by atoms with van der Waals surface area (Å²) in [6.45, 7) is 4.99. The molecule has 0 N–H and O–H groups in total. The molecule has 136 valence electrons. The van der Waals surface area contributed by atoms with Gasteiger partial charge in [0.25, 0.3) is 5.88 Å². The topological polar surface area (TPSA) is 105 Å². The van der Waals surface area contributed by atoms with E-state index in [1.54, 1.807) is 13.8 Å². The minimum Gasteiger partial charge on any atom is -0.437 e. The van der Waals surface area contributed by atoms with E-state index in [2.05, 4.69) is 16.3 Å². The van der Waals surface area contributed by atoms with Gasteiger partial charge in [-0.1, -0.05) is 0 Å². The van der Waals surface area contributed by atoms with Crippen LogP contribution in [0.1, 0.15) is 16.8 Å². The zero-order chi connectivity index (χ0) is 18.7. The van der Waals surface area contributed by atoms with Crippen LogP contribution in [0, 0.1) is 25.2 Å². The third-order valence-electron chi connectivity index (χ3n) is 4.18. The van der Waals surface area contributed by atoms with Gasteiger partial charge in [0.1, 0.15) is 17.4 Å². The van der Waals surface area contributed by atoms with E-state index in [9.17, 15) is 13.7 Å². The number of benzene rings is 1. The average molecular weight is 374 g/mol. The summed E-state index contributed by atoms with van der Waals surface area (Å²) >= 11 is 0. The van der Waals surface area contributed by atoms with E-state index in [4.69, 9.17) is 9.47 Å². The molecule has 1 aromatic carbocycles. The molecule has 1 fully saturated rings. The smallest absolute Gasteiger partial charge is 0.257 e. The van der Waals surface area contributed by atoms with Gasteiger partial charge in [-0.3, -0.25) is 0 Å². The van der Waals surface area contributed by atoms with Crippen molar-refractivity contribution >= 4 is 10.0 Å². The van der Waals surface area contributed by atoms with Crippen LogP contribution in [0.25, 0.3) is 0 Å². The number of nitrogens with zero attached hydrogens (tertiary/aromatic N) is 4. The summed E-state index contributed by atoms with van der Waals surface area (Å²) in [4.78, 5) is 0.179. The first-order valence-corrected chi connectivity index (χ1v) is 9.47. The molecule has 2 aromatic rings. The molecule has 3 rings (SSSR count). The van der Waals surface area contributed by atoms with Gasteiger partial charge in [-0.15, -0.1) is 5.10 Å². The van der Waals surface area contributed by atoms with Crippen LogP contribution in [0.4, 0.5) is 0 Å². The first-order valence-electron chi connectivity index (χ1n) is 8.03. The second kappa shape index (κ2) is 7.37. The van der Waals surface area contributed by atoms with Crippen LogP contribution in [0.15, 0.2) is 29.2 Å². The Balaban J connectivity index is 1.83. The second-order valence-electron chi connectivity index (χ2n) is 5.79. The molecule has 0 atom stereocenters. The van der Waals surface area contributed by atoms with Gasteiger partial charge in [0.05, 0.1) is 23.8 Å². The molecule has 1 aliphatic heterocycles. The molecule has 0 aliphatic carbocycles. The number of hydrogen-bond acceptors (Lipinski definition) is 7. The van der Waals surface area contributed by atoms with Gasteiger partial charge < -0.3 is 9.47 Å². The van der Waals surface area contributed by atoms with Crippen LogP contribution in [0.2, 0.25) is 0 Å². The predicted molar refractivity (Wildman–Crippen MR) is 92.3 cm³/mol. The number of aromatic nitrogens is 2. The van der Waals surface area contributed by atoms with Crippen LogP contribution in [-0.4, -0.2) is 49.2 Å². The third-order valence-corrected chi connectivity index (χ3v) is 6.09. The maximum absolute atomic E-state index is 12.6. The lowest BCUT2D eigenvalue weighted by Crippen LogP contribution is -2.40. The Morgan fingerprint density at radius 3 is 2.42 bits per heavy atom. The molecule has 26 heavy (non-hydrogen) atoms. The maximum Gasteiger partial charge on any atom is 0.257 e. The van der Waals surface area contributed by atoms with Crippen molar-refractivity contribution in [1.29, 1.82) is 5.26 Å². The molecule has 1 saturated heterocycles. The van der Waals surface area contributed by atoms with E-state index in [1.807, 2.05) is 0 Å². The molecule has 0 bridgehead atoms. The van der Waals surface area contributed by atoms with Gasteiger partial charge in [0.2, 0.25) is 10.0 Å². The molecule has 0 amide bonds. The molecule has 0 spiro atoms. The van der Waals surface area contributed by atoms with Gasteiger partial charge >= 0.3 is 0 Å². The Labute approximate surface area is 152 Å². The van der Waals surface area contributed by atoms with Crippen LogP contribution < -0.4 is 4.74 Å². The predicted octanol–water partition coefficient (Wildman–Crippen LogP) is 1.78. The number of aryl methyl sites for hydroxylation is 1. The van der Waals surface area contributed by atoms with Crippen LogP contribution in [0.3, 0.4) is 0 Å². The monoisotopic (exact) mass is 374 g/mol. The molecule has 0 unspecified atom stereocenters. The molecular weight excluding hydrogens is 356 g/mol. The van der Waals surface area contributed by atoms with E-state index < -0.39 is 10.0 Å². The fraction of sp³-hybridized carbons (Fsp3) is 0.353. The lowest BCUT2D eigenvalue weighted by molar-refractivity contribution is 0.0730. The highest BCUT2D eigenvalue weighted by atomic mass is 32.2. The van der Waals surface area contributed by atoms with E-state index in [0.717, 1.165) is 0 Å². The van der Waals surface area contributed by atoms with Crippen molar-refractivity contribution in [2.24, 2.45) is 0 Å². The molecule has 1 aromatic heterocycles. The molecule has 9 heteroatoms. The number of morpholine rings is 1. The largest absolute Gasteiger partial charge is 0.437 e. The molecule has 1 aliphatic rings. The van der Waals surface area contributed by atoms with Crippen LogP contribution in [0.5, 0.6) is 11.6 Å². The van der Waals surface area contributed by atoms with E-state index in [1.165, 1.54) is 28.6 Å². The molecule has 2 heterocycles. The van der Waals surface area contributed by atoms with Gasteiger partial charge in [-0.25, -0.2) is 8.42 Å². The number of ether oxygens (including phenoxy) is 2. The van der Waals surface area contributed by atoms with Crippen molar-refractivity contribution in [3.8, 4) is 17.7 Å². The standard InChI is InChI=1S/C17H18N4O4S/c1-12-13(2)19-20-17(16(12)11-18)25-14-3-5-15(6-4-14)26(22,23)21-7-9-24-10-8-21/h3-6H,7-10H2,1-2H3. The first-order chi connectivity index (χ1) is 12.4. The van der Waals surface area contributed by atoms with Crippen molar-refractivity contribution in [2.75, 3.05) is 26.3 Å². The molecular formula is C17H18N4O4S. The van der Waals surface area contributed by atoms with E-state index in [0.29, 0.717) is 48.9 Å². The highest BCUT2D eigenvalue weighted by Gasteiger charge is 2.26. The molecule has 0 radical (unpaired) electrons. The van der Waals surface area contributed by atoms with Crippen LogP contribution in [-0.2, 0) is 14.8 Å². The van der Waals surface area contributed by atoms with Crippen molar-refractivity contribution in [3.05, 3.63) is 41.1 Å². The third kappa shape index (κ3) is 3.53. The number of hydrogen-bond donors (Lipinski definition) is 0. The zero-order valence-corrected chi connectivity index (χ0v) is 15.3. The Morgan fingerprint density at radius 2 is 1.81 bits per heavy atom. The summed E-state index contributed by atoms with van der Waals surface area (Å²) in [7, 11) is -3.56. The highest BCUT2D eigenvalue weighted by molar-refractivity contribution is 7.89. The summed E-state index contributed by atoms with van der Waals surface area (Å²) in [5.41, 5.74) is 1.66. The summed E-state index contributed by atoms with van der Waals surface area (Å²) in [5, 5.41) is 17.2. The van der Waals surface area contributed by atoms with Crippen molar-refractivity contribution in [3.63, 3.8) is 0 Å². The Morgan fingerprint density at radius 1 is 1.15 bits per heavy atom. The van der Waals surface area contributed by atoms with E-state index >= 15 is 0 Å². The fourth-order valence-electron chi connectivity index (χ4n) is 2.52. The maximum atomic E-state index is 12.6. The van der Waals surface area contributed by atoms with Crippen LogP contribution >= 0.6 is 0 Å². The zero-order valence-electron chi connectivity index (χ0n) is 14.5. The average Bonchev–Trinajstić information content (AvgIpc) is 2.66. The number of nitriles is 1. The highest BCUT2D eigenvalue weighted by Crippen LogP contribution is 2.27. The SMILES string of the molecule is Cc1nnc(Oc2ccc(S(=O)(=O)N3CCOCC3)cc2)c(C#N)c1C. The summed E-state index contributed by atoms with van der Waals surface area (Å²) < 4.78 is 37.4. The Hall–Kier alpha value is -2.54. The normalized spacial score (nSPS) is 15.4. The first kappa shape index (κ1) is 18.3. The molecule has 0 saturated carbocycles. The van der Waals surface area contributed by atoms with Gasteiger partial charge in [-0.2, -0.15) is 14.7 Å². The minimum absolute atomic E-state index is 0.0967. The minimum atomic E-state index is -3.56. The fourth-order valence-corrected chi connectivity index (χ4v) is 3.93. The van der Waals surface area contributed by atoms with Gasteiger partial charge in [0.15, 0.2) is 0 Å². The lowest BCUT2D eigenvalue weighted by Gasteiger charge is -2.26. The number of rotatable bonds is 4. The Bertz CT molecular complexity index is 946. The van der Waals surface area contributed by atoms with Gasteiger partial charge in [-0.05, 0) is 43.7 Å². The lowest BCUT2D eigenvalue weighted by atomic mass is 10.1. The van der Waals surface area contributed by atoms with E-state index in [-0.39, 0.29) is 10.8 Å². The summed E-state index contributed by atoms with van der Waals surface area (Å²) in [6, 6.07) is 8.07. The number of sulfonamides is 1. The van der Waals surface area contributed by atoms with Crippen molar-refractivity contribution in [1.82, 2.24) is 14.5 Å². The van der Waals surface area contributed by atoms with Gasteiger partial charge in [0, 0.05) is 13.1 Å². The Kier molecular flexibility index (Phi) is 5.18. The summed E-state index contributed by atoms with van der Waals surface area (Å²) in [6.07, 6.45) is 0.